The molecule has 3 rings (SSSR count). The van der Waals surface area contributed by atoms with E-state index in [1.54, 1.807) is 6.07 Å². The maximum absolute atomic E-state index is 12.5. The van der Waals surface area contributed by atoms with Crippen molar-refractivity contribution in [1.29, 1.82) is 0 Å². The Morgan fingerprint density at radius 2 is 2.37 bits per heavy atom. The number of carbonyl (C=O) groups excluding carboxylic acids is 1. The summed E-state index contributed by atoms with van der Waals surface area (Å²) in [4.78, 5) is 18.4. The van der Waals surface area contributed by atoms with E-state index in [1.165, 1.54) is 6.20 Å². The number of pyridine rings is 1. The Labute approximate surface area is 116 Å². The predicted octanol–water partition coefficient (Wildman–Crippen LogP) is 1.71. The van der Waals surface area contributed by atoms with Gasteiger partial charge in [0.05, 0.1) is 29.3 Å². The van der Waals surface area contributed by atoms with E-state index in [4.69, 9.17) is 22.1 Å². The number of aromatic nitrogens is 1. The van der Waals surface area contributed by atoms with Gasteiger partial charge < -0.3 is 15.4 Å². The molecule has 2 N–H and O–H groups in total. The molecule has 1 aromatic rings. The van der Waals surface area contributed by atoms with Crippen molar-refractivity contribution < 1.29 is 9.53 Å². The first-order valence-electron chi connectivity index (χ1n) is 6.50. The van der Waals surface area contributed by atoms with E-state index in [0.717, 1.165) is 19.3 Å². The van der Waals surface area contributed by atoms with Gasteiger partial charge in [-0.2, -0.15) is 0 Å². The zero-order valence-electron chi connectivity index (χ0n) is 10.5. The topological polar surface area (TPSA) is 68.5 Å². The van der Waals surface area contributed by atoms with E-state index in [0.29, 0.717) is 23.7 Å². The van der Waals surface area contributed by atoms with Gasteiger partial charge in [-0.1, -0.05) is 11.6 Å². The number of carbonyl (C=O) groups is 1. The molecule has 0 aromatic carbocycles. The van der Waals surface area contributed by atoms with E-state index in [2.05, 4.69) is 4.98 Å². The highest BCUT2D eigenvalue weighted by molar-refractivity contribution is 6.33. The third-order valence-electron chi connectivity index (χ3n) is 3.86. The number of hydrogen-bond acceptors (Lipinski definition) is 4. The van der Waals surface area contributed by atoms with Crippen LogP contribution in [0, 0.1) is 0 Å². The standard InChI is InChI=1S/C13H16ClN3O2/c14-9-6-8(7-16-12(9)15)13(18)17-4-5-19-11-3-1-2-10(11)17/h6-7,10-11H,1-5H2,(H2,15,16). The number of nitrogens with two attached hydrogens (primary N) is 1. The van der Waals surface area contributed by atoms with Crippen molar-refractivity contribution >= 4 is 23.3 Å². The number of fused-ring (bicyclic) bond motifs is 1. The summed E-state index contributed by atoms with van der Waals surface area (Å²) in [5, 5.41) is 0.321. The van der Waals surface area contributed by atoms with Crippen LogP contribution in [0.2, 0.25) is 5.02 Å². The Bertz CT molecular complexity index is 509. The lowest BCUT2D eigenvalue weighted by Crippen LogP contribution is -2.51. The molecule has 1 saturated heterocycles. The summed E-state index contributed by atoms with van der Waals surface area (Å²) >= 11 is 5.93. The lowest BCUT2D eigenvalue weighted by atomic mass is 10.1. The molecular weight excluding hydrogens is 266 g/mol. The van der Waals surface area contributed by atoms with Crippen LogP contribution in [-0.4, -0.2) is 41.1 Å². The van der Waals surface area contributed by atoms with E-state index in [9.17, 15) is 4.79 Å². The molecule has 1 saturated carbocycles. The fraction of sp³-hybridized carbons (Fsp3) is 0.538. The summed E-state index contributed by atoms with van der Waals surface area (Å²) in [5.74, 6) is 0.216. The fourth-order valence-electron chi connectivity index (χ4n) is 2.91. The highest BCUT2D eigenvalue weighted by Gasteiger charge is 2.38. The van der Waals surface area contributed by atoms with E-state index in [-0.39, 0.29) is 23.9 Å². The minimum atomic E-state index is -0.0328. The van der Waals surface area contributed by atoms with Crippen LogP contribution in [0.4, 0.5) is 5.82 Å². The molecule has 0 bridgehead atoms. The summed E-state index contributed by atoms with van der Waals surface area (Å²) in [6.45, 7) is 1.23. The Morgan fingerprint density at radius 1 is 1.53 bits per heavy atom. The van der Waals surface area contributed by atoms with Crippen molar-refractivity contribution in [3.05, 3.63) is 22.8 Å². The Morgan fingerprint density at radius 3 is 3.16 bits per heavy atom. The van der Waals surface area contributed by atoms with Crippen molar-refractivity contribution in [2.24, 2.45) is 0 Å². The molecule has 2 atom stereocenters. The number of hydrogen-bond donors (Lipinski definition) is 1. The predicted molar refractivity (Wildman–Crippen MR) is 72.1 cm³/mol. The molecular formula is C13H16ClN3O2. The number of ether oxygens (including phenoxy) is 1. The molecule has 5 nitrogen and oxygen atoms in total. The van der Waals surface area contributed by atoms with Gasteiger partial charge in [0.1, 0.15) is 5.82 Å². The summed E-state index contributed by atoms with van der Waals surface area (Å²) in [5.41, 5.74) is 6.06. The van der Waals surface area contributed by atoms with Crippen LogP contribution in [0.25, 0.3) is 0 Å². The number of rotatable bonds is 1. The van der Waals surface area contributed by atoms with Crippen molar-refractivity contribution in [3.63, 3.8) is 0 Å². The van der Waals surface area contributed by atoms with Crippen LogP contribution in [0.3, 0.4) is 0 Å². The van der Waals surface area contributed by atoms with Gasteiger partial charge in [0.25, 0.3) is 5.91 Å². The minimum Gasteiger partial charge on any atom is -0.382 e. The van der Waals surface area contributed by atoms with Gasteiger partial charge in [0, 0.05) is 12.7 Å². The molecule has 2 fully saturated rings. The molecule has 1 aliphatic carbocycles. The maximum atomic E-state index is 12.5. The maximum Gasteiger partial charge on any atom is 0.255 e. The van der Waals surface area contributed by atoms with E-state index < -0.39 is 0 Å². The fourth-order valence-corrected chi connectivity index (χ4v) is 3.08. The zero-order chi connectivity index (χ0) is 13.4. The highest BCUT2D eigenvalue weighted by atomic mass is 35.5. The molecule has 19 heavy (non-hydrogen) atoms. The van der Waals surface area contributed by atoms with Crippen molar-refractivity contribution in [3.8, 4) is 0 Å². The van der Waals surface area contributed by atoms with Crippen molar-refractivity contribution in [1.82, 2.24) is 9.88 Å². The molecule has 102 valence electrons. The summed E-state index contributed by atoms with van der Waals surface area (Å²) in [6, 6.07) is 1.78. The third-order valence-corrected chi connectivity index (χ3v) is 4.16. The molecule has 2 heterocycles. The van der Waals surface area contributed by atoms with Crippen LogP contribution in [0.5, 0.6) is 0 Å². The van der Waals surface area contributed by atoms with Crippen LogP contribution in [0.15, 0.2) is 12.3 Å². The van der Waals surface area contributed by atoms with Gasteiger partial charge in [-0.05, 0) is 25.3 Å². The lowest BCUT2D eigenvalue weighted by molar-refractivity contribution is -0.0445. The molecule has 2 unspecified atom stereocenters. The second kappa shape index (κ2) is 4.98. The number of halogens is 1. The van der Waals surface area contributed by atoms with Gasteiger partial charge >= 0.3 is 0 Å². The Hall–Kier alpha value is -1.33. The highest BCUT2D eigenvalue weighted by Crippen LogP contribution is 2.31. The average molecular weight is 282 g/mol. The quantitative estimate of drug-likeness (QED) is 0.851. The Kier molecular flexibility index (Phi) is 3.33. The first-order chi connectivity index (χ1) is 9.16. The molecule has 6 heteroatoms. The molecule has 2 aliphatic rings. The molecule has 1 aromatic heterocycles. The summed E-state index contributed by atoms with van der Waals surface area (Å²) in [7, 11) is 0. The number of anilines is 1. The summed E-state index contributed by atoms with van der Waals surface area (Å²) < 4.78 is 5.71. The number of morpholine rings is 1. The monoisotopic (exact) mass is 281 g/mol. The van der Waals surface area contributed by atoms with Crippen LogP contribution in [0.1, 0.15) is 29.6 Å². The lowest BCUT2D eigenvalue weighted by Gasteiger charge is -2.37. The summed E-state index contributed by atoms with van der Waals surface area (Å²) in [6.07, 6.45) is 4.83. The SMILES string of the molecule is Nc1ncc(C(=O)N2CCOC3CCCC32)cc1Cl. The third kappa shape index (κ3) is 2.28. The van der Waals surface area contributed by atoms with Crippen molar-refractivity contribution in [2.75, 3.05) is 18.9 Å². The second-order valence-corrected chi connectivity index (χ2v) is 5.40. The second-order valence-electron chi connectivity index (χ2n) is 5.00. The van der Waals surface area contributed by atoms with Gasteiger partial charge in [-0.25, -0.2) is 4.98 Å². The first kappa shape index (κ1) is 12.7. The Balaban J connectivity index is 1.84. The van der Waals surface area contributed by atoms with Gasteiger partial charge in [0.15, 0.2) is 0 Å². The van der Waals surface area contributed by atoms with Crippen LogP contribution < -0.4 is 5.73 Å². The van der Waals surface area contributed by atoms with Crippen LogP contribution >= 0.6 is 11.6 Å². The molecule has 1 amide bonds. The molecule has 1 aliphatic heterocycles. The number of nitrogens with zero attached hydrogens (tertiary/aromatic N) is 2. The van der Waals surface area contributed by atoms with Gasteiger partial charge in [-0.15, -0.1) is 0 Å². The normalized spacial score (nSPS) is 26.3. The average Bonchev–Trinajstić information content (AvgIpc) is 2.89. The first-order valence-corrected chi connectivity index (χ1v) is 6.88. The zero-order valence-corrected chi connectivity index (χ0v) is 11.3. The largest absolute Gasteiger partial charge is 0.382 e. The minimum absolute atomic E-state index is 0.0328. The number of nitrogen functional groups attached to an aromatic ring is 1. The smallest absolute Gasteiger partial charge is 0.255 e. The van der Waals surface area contributed by atoms with E-state index >= 15 is 0 Å². The van der Waals surface area contributed by atoms with Gasteiger partial charge in [0.2, 0.25) is 0 Å². The van der Waals surface area contributed by atoms with Gasteiger partial charge in [-0.3, -0.25) is 4.79 Å². The molecule has 0 spiro atoms. The number of amides is 1. The van der Waals surface area contributed by atoms with Crippen LogP contribution in [-0.2, 0) is 4.74 Å². The molecule has 0 radical (unpaired) electrons. The van der Waals surface area contributed by atoms with E-state index in [1.807, 2.05) is 4.90 Å². The van der Waals surface area contributed by atoms with Crippen molar-refractivity contribution in [2.45, 2.75) is 31.4 Å².